The molecule has 1 N–H and O–H groups in total. The molecule has 0 spiro atoms. The Labute approximate surface area is 239 Å². The van der Waals surface area contributed by atoms with Crippen LogP contribution in [0.3, 0.4) is 0 Å². The number of aliphatic hydroxyl groups is 1. The van der Waals surface area contributed by atoms with Crippen LogP contribution in [0, 0.1) is 3.57 Å². The topological polar surface area (TPSA) is 74.7 Å². The van der Waals surface area contributed by atoms with Crippen molar-refractivity contribution in [3.63, 3.8) is 0 Å². The Morgan fingerprint density at radius 3 is 2.12 bits per heavy atom. The Balaban J connectivity index is 1.94. The molecule has 0 aromatic heterocycles. The van der Waals surface area contributed by atoms with Gasteiger partial charge in [-0.2, -0.15) is 26.3 Å². The van der Waals surface area contributed by atoms with E-state index < -0.39 is 55.7 Å². The van der Waals surface area contributed by atoms with E-state index in [-0.39, 0.29) is 48.3 Å². The molecule has 0 radical (unpaired) electrons. The highest BCUT2D eigenvalue weighted by atomic mass is 127. The normalized spacial score (nSPS) is 22.2. The van der Waals surface area contributed by atoms with Crippen molar-refractivity contribution >= 4 is 38.3 Å². The molecule has 1 aliphatic heterocycles. The lowest BCUT2D eigenvalue weighted by atomic mass is 9.76. The molecule has 2 aromatic carbocycles. The molecule has 1 fully saturated rings. The number of fused-ring (bicyclic) bond motifs is 3. The fourth-order valence-corrected chi connectivity index (χ4v) is 8.55. The quantitative estimate of drug-likeness (QED) is 0.308. The minimum absolute atomic E-state index is 0.0729. The van der Waals surface area contributed by atoms with Crippen molar-refractivity contribution in [2.75, 3.05) is 6.54 Å². The predicted octanol–water partition coefficient (Wildman–Crippen LogP) is 5.96. The first-order chi connectivity index (χ1) is 18.2. The van der Waals surface area contributed by atoms with Gasteiger partial charge < -0.3 is 10.0 Å². The second-order valence-corrected chi connectivity index (χ2v) is 14.2. The van der Waals surface area contributed by atoms with E-state index in [2.05, 4.69) is 0 Å². The van der Waals surface area contributed by atoms with Crippen LogP contribution in [0.15, 0.2) is 47.4 Å². The maximum atomic E-state index is 14.9. The van der Waals surface area contributed by atoms with Crippen LogP contribution in [-0.2, 0) is 31.5 Å². The van der Waals surface area contributed by atoms with Gasteiger partial charge in [0.1, 0.15) is 4.75 Å². The van der Waals surface area contributed by atoms with Gasteiger partial charge in [0.25, 0.3) is 0 Å². The molecule has 1 heterocycles. The number of aryl methyl sites for hydroxylation is 1. The zero-order valence-electron chi connectivity index (χ0n) is 21.2. The second kappa shape index (κ2) is 9.82. The Bertz CT molecular complexity index is 1400. The van der Waals surface area contributed by atoms with Gasteiger partial charge in [0.15, 0.2) is 9.84 Å². The highest BCUT2D eigenvalue weighted by Gasteiger charge is 2.73. The molecule has 2 aromatic rings. The maximum Gasteiger partial charge on any atom is 0.435 e. The van der Waals surface area contributed by atoms with Gasteiger partial charge in [0.2, 0.25) is 5.91 Å². The lowest BCUT2D eigenvalue weighted by Gasteiger charge is -2.43. The summed E-state index contributed by atoms with van der Waals surface area (Å²) in [6, 6.07) is 6.31. The van der Waals surface area contributed by atoms with Crippen LogP contribution in [-0.4, -0.2) is 54.9 Å². The van der Waals surface area contributed by atoms with Crippen LogP contribution >= 0.6 is 22.6 Å². The number of alkyl halides is 7. The monoisotopic (exact) mass is 707 g/mol. The Hall–Kier alpha value is -1.94. The first kappa shape index (κ1) is 31.0. The van der Waals surface area contributed by atoms with E-state index in [0.717, 1.165) is 6.07 Å². The summed E-state index contributed by atoms with van der Waals surface area (Å²) in [6.07, 6.45) is -13.5. The smallest absolute Gasteiger partial charge is 0.390 e. The number of carbonyl (C=O) groups is 1. The molecule has 220 valence electrons. The highest BCUT2D eigenvalue weighted by Crippen LogP contribution is 2.56. The van der Waals surface area contributed by atoms with Crippen LogP contribution in [0.5, 0.6) is 0 Å². The lowest BCUT2D eigenvalue weighted by Crippen LogP contribution is -2.53. The van der Waals surface area contributed by atoms with Gasteiger partial charge in [-0.3, -0.25) is 4.79 Å². The van der Waals surface area contributed by atoms with Crippen molar-refractivity contribution in [1.29, 1.82) is 0 Å². The number of hydrogen-bond acceptors (Lipinski definition) is 4. The van der Waals surface area contributed by atoms with E-state index in [4.69, 9.17) is 0 Å². The molecular weight excluding hydrogens is 682 g/mol. The number of halogens is 8. The number of nitrogens with zero attached hydrogens (tertiary/aromatic N) is 1. The molecule has 14 heteroatoms. The Kier molecular flexibility index (Phi) is 7.61. The average molecular weight is 707 g/mol. The van der Waals surface area contributed by atoms with Crippen molar-refractivity contribution in [3.05, 3.63) is 62.7 Å². The summed E-state index contributed by atoms with van der Waals surface area (Å²) in [6.45, 7) is 2.72. The van der Waals surface area contributed by atoms with Crippen LogP contribution in [0.2, 0.25) is 0 Å². The van der Waals surface area contributed by atoms with Gasteiger partial charge in [-0.05, 0) is 91.1 Å². The van der Waals surface area contributed by atoms with E-state index in [0.29, 0.717) is 15.7 Å². The largest absolute Gasteiger partial charge is 0.435 e. The van der Waals surface area contributed by atoms with Crippen molar-refractivity contribution < 1.29 is 49.1 Å². The molecule has 5 nitrogen and oxygen atoms in total. The summed E-state index contributed by atoms with van der Waals surface area (Å²) in [7, 11) is -4.40. The number of sulfone groups is 1. The number of likely N-dealkylation sites (tertiary alicyclic amines) is 1. The fraction of sp³-hybridized carbons (Fsp3) is 0.500. The summed E-state index contributed by atoms with van der Waals surface area (Å²) in [4.78, 5) is 14.3. The van der Waals surface area contributed by atoms with Gasteiger partial charge >= 0.3 is 18.0 Å². The van der Waals surface area contributed by atoms with Gasteiger partial charge in [-0.1, -0.05) is 18.2 Å². The van der Waals surface area contributed by atoms with Crippen LogP contribution in [0.1, 0.15) is 49.8 Å². The molecular formula is C26H25F7INO4S. The number of carbonyl (C=O) groups excluding carboxylic acids is 1. The summed E-state index contributed by atoms with van der Waals surface area (Å²) in [5.74, 6) is -0.547. The summed E-state index contributed by atoms with van der Waals surface area (Å²) < 4.78 is 123. The molecule has 1 amide bonds. The molecule has 2 atom stereocenters. The first-order valence-electron chi connectivity index (χ1n) is 12.1. The minimum Gasteiger partial charge on any atom is -0.390 e. The Morgan fingerprint density at radius 1 is 1.02 bits per heavy atom. The molecule has 2 aliphatic rings. The predicted molar refractivity (Wildman–Crippen MR) is 139 cm³/mol. The summed E-state index contributed by atoms with van der Waals surface area (Å²) >= 11 is 1.97. The van der Waals surface area contributed by atoms with E-state index >= 15 is 0 Å². The van der Waals surface area contributed by atoms with Crippen LogP contribution < -0.4 is 0 Å². The molecule has 4 rings (SSSR count). The van der Waals surface area contributed by atoms with E-state index in [1.807, 2.05) is 22.6 Å². The highest BCUT2D eigenvalue weighted by molar-refractivity contribution is 14.1. The van der Waals surface area contributed by atoms with Crippen molar-refractivity contribution in [2.45, 2.75) is 78.8 Å². The molecule has 1 aliphatic carbocycles. The summed E-state index contributed by atoms with van der Waals surface area (Å²) in [5.41, 5.74) is -9.03. The minimum atomic E-state index is -6.32. The Morgan fingerprint density at radius 2 is 1.60 bits per heavy atom. The molecule has 0 saturated carbocycles. The van der Waals surface area contributed by atoms with Gasteiger partial charge in [0.05, 0.1) is 23.0 Å². The first-order valence-corrected chi connectivity index (χ1v) is 14.7. The summed E-state index contributed by atoms with van der Waals surface area (Å²) in [5, 5.41) is 10.2. The third-order valence-corrected chi connectivity index (χ3v) is 10.8. The zero-order chi connectivity index (χ0) is 30.1. The molecule has 0 unspecified atom stereocenters. The van der Waals surface area contributed by atoms with E-state index in [1.54, 1.807) is 0 Å². The van der Waals surface area contributed by atoms with Gasteiger partial charge in [-0.15, -0.1) is 0 Å². The van der Waals surface area contributed by atoms with E-state index in [9.17, 15) is 49.1 Å². The zero-order valence-corrected chi connectivity index (χ0v) is 24.2. The third-order valence-electron chi connectivity index (χ3n) is 7.57. The van der Waals surface area contributed by atoms with E-state index in [1.165, 1.54) is 43.0 Å². The SMILES string of the molecule is CC(C)(O)CC(=O)N1CC[C@@]2(S(=O)(=O)c3ccc(I)cc3)c3ccc(C(F)(C(F)(F)F)C(F)(F)F)cc3CC[C@@H]12. The lowest BCUT2D eigenvalue weighted by molar-refractivity contribution is -0.348. The van der Waals surface area contributed by atoms with Crippen LogP contribution in [0.25, 0.3) is 0 Å². The number of rotatable bonds is 5. The van der Waals surface area contributed by atoms with Gasteiger partial charge in [-0.25, -0.2) is 12.8 Å². The van der Waals surface area contributed by atoms with Crippen LogP contribution in [0.4, 0.5) is 30.7 Å². The second-order valence-electron chi connectivity index (χ2n) is 10.8. The maximum absolute atomic E-state index is 14.9. The van der Waals surface area contributed by atoms with Crippen molar-refractivity contribution in [1.82, 2.24) is 4.90 Å². The van der Waals surface area contributed by atoms with Crippen molar-refractivity contribution in [2.24, 2.45) is 0 Å². The number of benzene rings is 2. The molecule has 1 saturated heterocycles. The average Bonchev–Trinajstić information content (AvgIpc) is 3.23. The van der Waals surface area contributed by atoms with Gasteiger partial charge in [0, 0.05) is 15.7 Å². The fourth-order valence-electron chi connectivity index (χ4n) is 5.82. The number of hydrogen-bond donors (Lipinski definition) is 1. The third kappa shape index (κ3) is 4.80. The van der Waals surface area contributed by atoms with Crippen molar-refractivity contribution in [3.8, 4) is 0 Å². The standard InChI is InChI=1S/C26H25F7INO4S/c1-22(2,37)14-21(36)35-12-11-23(40(38,39)18-7-5-17(34)6-8-18)19-9-4-16(13-15(19)3-10-20(23)35)24(27,25(28,29)30)26(31,32)33/h4-9,13,20,37H,3,10-12,14H2,1-2H3/t20-,23-/m1/s1. The number of amides is 1. The molecule has 0 bridgehead atoms. The molecule has 40 heavy (non-hydrogen) atoms.